The molecule has 7 nitrogen and oxygen atoms in total. The molecule has 0 atom stereocenters. The highest BCUT2D eigenvalue weighted by molar-refractivity contribution is 7.71. The van der Waals surface area contributed by atoms with Crippen molar-refractivity contribution in [3.8, 4) is 11.5 Å². The molecule has 8 heteroatoms. The van der Waals surface area contributed by atoms with Gasteiger partial charge in [0.25, 0.3) is 5.56 Å². The van der Waals surface area contributed by atoms with Crippen LogP contribution >= 0.6 is 12.2 Å². The zero-order chi connectivity index (χ0) is 15.4. The number of nitrogens with one attached hydrogen (secondary N) is 1. The summed E-state index contributed by atoms with van der Waals surface area (Å²) in [6.45, 7) is 1.58. The molecule has 2 aromatic rings. The summed E-state index contributed by atoms with van der Waals surface area (Å²) in [5.41, 5.74) is 0.621. The lowest BCUT2D eigenvalue weighted by Gasteiger charge is -2.05. The van der Waals surface area contributed by atoms with E-state index in [-0.39, 0.29) is 16.0 Å². The normalized spacial score (nSPS) is 10.8. The third-order valence-electron chi connectivity index (χ3n) is 2.71. The monoisotopic (exact) mass is 306 g/mol. The first-order valence-corrected chi connectivity index (χ1v) is 6.41. The number of rotatable bonds is 4. The number of nitrogens with zero attached hydrogens (tertiary/aromatic N) is 3. The van der Waals surface area contributed by atoms with E-state index in [2.05, 4.69) is 15.3 Å². The molecule has 1 aromatic heterocycles. The standard InChI is InChI=1S/C13H14N4O3S/c1-8-12(18)17(13(21)16-15-8)14-7-9-4-10(19-2)6-11(5-9)20-3/h4-7H,1-3H3,(H,16,21). The van der Waals surface area contributed by atoms with Crippen LogP contribution < -0.4 is 15.0 Å². The molecule has 0 unspecified atom stereocenters. The maximum atomic E-state index is 11.9. The summed E-state index contributed by atoms with van der Waals surface area (Å²) in [6.07, 6.45) is 1.50. The van der Waals surface area contributed by atoms with Crippen molar-refractivity contribution in [1.29, 1.82) is 0 Å². The second-order valence-corrected chi connectivity index (χ2v) is 4.51. The minimum atomic E-state index is -0.370. The molecule has 0 spiro atoms. The SMILES string of the molecule is COc1cc(C=Nn2c(=S)[nH]nc(C)c2=O)cc(OC)c1. The molecule has 110 valence electrons. The van der Waals surface area contributed by atoms with E-state index in [1.807, 2.05) is 0 Å². The third-order valence-corrected chi connectivity index (χ3v) is 2.97. The average Bonchev–Trinajstić information content (AvgIpc) is 2.50. The van der Waals surface area contributed by atoms with Gasteiger partial charge in [-0.3, -0.25) is 9.89 Å². The topological polar surface area (TPSA) is 81.5 Å². The van der Waals surface area contributed by atoms with E-state index in [1.165, 1.54) is 6.21 Å². The molecular formula is C13H14N4O3S. The Balaban J connectivity index is 2.45. The molecule has 1 N–H and O–H groups in total. The molecule has 0 aliphatic rings. The van der Waals surface area contributed by atoms with Crippen LogP contribution in [-0.2, 0) is 0 Å². The van der Waals surface area contributed by atoms with Crippen molar-refractivity contribution in [1.82, 2.24) is 14.9 Å². The van der Waals surface area contributed by atoms with Crippen LogP contribution in [-0.4, -0.2) is 35.3 Å². The van der Waals surface area contributed by atoms with Crippen LogP contribution in [0.3, 0.4) is 0 Å². The number of hydrogen-bond acceptors (Lipinski definition) is 6. The predicted octanol–water partition coefficient (Wildman–Crippen LogP) is 1.51. The van der Waals surface area contributed by atoms with Gasteiger partial charge in [0, 0.05) is 11.6 Å². The first-order chi connectivity index (χ1) is 10.0. The summed E-state index contributed by atoms with van der Waals surface area (Å²) in [6, 6.07) is 5.27. The van der Waals surface area contributed by atoms with E-state index < -0.39 is 0 Å². The maximum absolute atomic E-state index is 11.9. The van der Waals surface area contributed by atoms with Gasteiger partial charge < -0.3 is 9.47 Å². The fourth-order valence-electron chi connectivity index (χ4n) is 1.61. The van der Waals surface area contributed by atoms with Crippen molar-refractivity contribution < 1.29 is 9.47 Å². The number of methoxy groups -OCH3 is 2. The number of H-pyrrole nitrogens is 1. The minimum absolute atomic E-state index is 0.122. The molecule has 21 heavy (non-hydrogen) atoms. The predicted molar refractivity (Wildman–Crippen MR) is 81.0 cm³/mol. The highest BCUT2D eigenvalue weighted by Gasteiger charge is 2.03. The largest absolute Gasteiger partial charge is 0.497 e. The van der Waals surface area contributed by atoms with E-state index in [0.717, 1.165) is 4.68 Å². The van der Waals surface area contributed by atoms with Crippen LogP contribution in [0.4, 0.5) is 0 Å². The Morgan fingerprint density at radius 1 is 1.29 bits per heavy atom. The molecule has 0 saturated heterocycles. The van der Waals surface area contributed by atoms with Crippen molar-refractivity contribution in [3.63, 3.8) is 0 Å². The number of benzene rings is 1. The molecule has 1 heterocycles. The summed E-state index contributed by atoms with van der Waals surface area (Å²) in [4.78, 5) is 11.9. The van der Waals surface area contributed by atoms with Gasteiger partial charge in [0.15, 0.2) is 0 Å². The van der Waals surface area contributed by atoms with Crippen LogP contribution in [0.1, 0.15) is 11.3 Å². The van der Waals surface area contributed by atoms with E-state index >= 15 is 0 Å². The zero-order valence-electron chi connectivity index (χ0n) is 11.8. The van der Waals surface area contributed by atoms with Gasteiger partial charge in [-0.05, 0) is 31.3 Å². The molecular weight excluding hydrogens is 292 g/mol. The number of hydrogen-bond donors (Lipinski definition) is 1. The van der Waals surface area contributed by atoms with Gasteiger partial charge in [-0.15, -0.1) is 0 Å². The van der Waals surface area contributed by atoms with E-state index in [9.17, 15) is 4.79 Å². The third kappa shape index (κ3) is 3.34. The second-order valence-electron chi connectivity index (χ2n) is 4.12. The smallest absolute Gasteiger partial charge is 0.296 e. The van der Waals surface area contributed by atoms with Gasteiger partial charge in [0.05, 0.1) is 20.4 Å². The second kappa shape index (κ2) is 6.31. The number of ether oxygens (including phenoxy) is 2. The van der Waals surface area contributed by atoms with Gasteiger partial charge in [-0.1, -0.05) is 0 Å². The minimum Gasteiger partial charge on any atom is -0.497 e. The quantitative estimate of drug-likeness (QED) is 0.684. The average molecular weight is 306 g/mol. The molecule has 0 saturated carbocycles. The van der Waals surface area contributed by atoms with Gasteiger partial charge in [0.2, 0.25) is 4.77 Å². The van der Waals surface area contributed by atoms with E-state index in [1.54, 1.807) is 39.3 Å². The fourth-order valence-corrected chi connectivity index (χ4v) is 1.78. The maximum Gasteiger partial charge on any atom is 0.296 e. The Labute approximate surface area is 125 Å². The number of aromatic nitrogens is 3. The van der Waals surface area contributed by atoms with Gasteiger partial charge in [-0.25, -0.2) is 0 Å². The Morgan fingerprint density at radius 2 is 1.90 bits per heavy atom. The number of aromatic amines is 1. The summed E-state index contributed by atoms with van der Waals surface area (Å²) in [7, 11) is 3.12. The highest BCUT2D eigenvalue weighted by atomic mass is 32.1. The van der Waals surface area contributed by atoms with Gasteiger partial charge in [-0.2, -0.15) is 14.9 Å². The molecule has 2 rings (SSSR count). The Bertz CT molecular complexity index is 772. The van der Waals surface area contributed by atoms with Crippen molar-refractivity contribution in [2.45, 2.75) is 6.92 Å². The van der Waals surface area contributed by atoms with Crippen molar-refractivity contribution in [3.05, 3.63) is 44.6 Å². The molecule has 0 aliphatic heterocycles. The summed E-state index contributed by atoms with van der Waals surface area (Å²) < 4.78 is 11.5. The van der Waals surface area contributed by atoms with Crippen molar-refractivity contribution in [2.75, 3.05) is 14.2 Å². The summed E-state index contributed by atoms with van der Waals surface area (Å²) in [5, 5.41) is 10.4. The van der Waals surface area contributed by atoms with Crippen molar-refractivity contribution >= 4 is 18.4 Å². The first kappa shape index (κ1) is 14.9. The molecule has 0 aliphatic carbocycles. The Morgan fingerprint density at radius 3 is 2.48 bits per heavy atom. The van der Waals surface area contributed by atoms with Gasteiger partial charge in [0.1, 0.15) is 17.2 Å². The first-order valence-electron chi connectivity index (χ1n) is 6.01. The molecule has 0 radical (unpaired) electrons. The molecule has 1 aromatic carbocycles. The van der Waals surface area contributed by atoms with Crippen LogP contribution in [0.5, 0.6) is 11.5 Å². The number of aryl methyl sites for hydroxylation is 1. The van der Waals surface area contributed by atoms with Crippen LogP contribution in [0.25, 0.3) is 0 Å². The lowest BCUT2D eigenvalue weighted by Crippen LogP contribution is -2.22. The van der Waals surface area contributed by atoms with Crippen LogP contribution in [0.2, 0.25) is 0 Å². The van der Waals surface area contributed by atoms with Crippen molar-refractivity contribution in [2.24, 2.45) is 5.10 Å². The van der Waals surface area contributed by atoms with E-state index in [0.29, 0.717) is 17.1 Å². The van der Waals surface area contributed by atoms with Crippen LogP contribution in [0.15, 0.2) is 28.1 Å². The molecule has 0 fully saturated rings. The zero-order valence-corrected chi connectivity index (χ0v) is 12.6. The highest BCUT2D eigenvalue weighted by Crippen LogP contribution is 2.21. The van der Waals surface area contributed by atoms with E-state index in [4.69, 9.17) is 21.7 Å². The summed E-state index contributed by atoms with van der Waals surface area (Å²) >= 11 is 4.99. The Kier molecular flexibility index (Phi) is 4.49. The Hall–Kier alpha value is -2.48. The molecule has 0 bridgehead atoms. The van der Waals surface area contributed by atoms with Crippen LogP contribution in [0, 0.1) is 11.7 Å². The van der Waals surface area contributed by atoms with Gasteiger partial charge >= 0.3 is 0 Å². The fraction of sp³-hybridized carbons (Fsp3) is 0.231. The lowest BCUT2D eigenvalue weighted by molar-refractivity contribution is 0.394. The lowest BCUT2D eigenvalue weighted by atomic mass is 10.2. The molecule has 0 amide bonds. The summed E-state index contributed by atoms with van der Waals surface area (Å²) in [5.74, 6) is 1.25.